The summed E-state index contributed by atoms with van der Waals surface area (Å²) in [6, 6.07) is 17.8. The van der Waals surface area contributed by atoms with Crippen molar-refractivity contribution in [3.63, 3.8) is 0 Å². The number of anilines is 3. The van der Waals surface area contributed by atoms with Gasteiger partial charge in [0.05, 0.1) is 18.6 Å². The van der Waals surface area contributed by atoms with Gasteiger partial charge in [0.1, 0.15) is 17.2 Å². The first-order valence-electron chi connectivity index (χ1n) is 19.7. The summed E-state index contributed by atoms with van der Waals surface area (Å²) >= 11 is 0. The molecule has 6 heterocycles. The van der Waals surface area contributed by atoms with Crippen LogP contribution in [0.4, 0.5) is 17.2 Å². The van der Waals surface area contributed by atoms with E-state index >= 15 is 0 Å². The first-order chi connectivity index (χ1) is 28.1. The molecule has 16 nitrogen and oxygen atoms in total. The molecule has 3 N–H and O–H groups in total. The molecule has 0 radical (unpaired) electrons. The van der Waals surface area contributed by atoms with E-state index in [4.69, 9.17) is 9.26 Å². The summed E-state index contributed by atoms with van der Waals surface area (Å²) in [5.41, 5.74) is 4.63. The highest BCUT2D eigenvalue weighted by Crippen LogP contribution is 2.36. The van der Waals surface area contributed by atoms with Crippen molar-refractivity contribution in [3.05, 3.63) is 89.7 Å². The zero-order valence-corrected chi connectivity index (χ0v) is 32.9. The fourth-order valence-corrected chi connectivity index (χ4v) is 9.82. The highest BCUT2D eigenvalue weighted by molar-refractivity contribution is 7.92. The molecule has 4 aliphatic heterocycles. The number of benzene rings is 3. The number of carbonyl (C=O) groups excluding carboxylic acids is 3. The lowest BCUT2D eigenvalue weighted by Crippen LogP contribution is -2.52. The van der Waals surface area contributed by atoms with Crippen LogP contribution in [0, 0.1) is 5.92 Å². The van der Waals surface area contributed by atoms with Crippen LogP contribution >= 0.6 is 0 Å². The Morgan fingerprint density at radius 1 is 0.983 bits per heavy atom. The number of hydrogen-bond acceptors (Lipinski definition) is 12. The van der Waals surface area contributed by atoms with Crippen molar-refractivity contribution >= 4 is 55.9 Å². The van der Waals surface area contributed by atoms with Crippen molar-refractivity contribution < 1.29 is 32.1 Å². The number of amides is 3. The van der Waals surface area contributed by atoms with Gasteiger partial charge in [-0.15, -0.1) is 0 Å². The molecule has 5 aromatic rings. The number of methoxy groups -OCH3 is 1. The van der Waals surface area contributed by atoms with E-state index in [1.165, 1.54) is 7.11 Å². The van der Waals surface area contributed by atoms with E-state index in [9.17, 15) is 22.8 Å². The van der Waals surface area contributed by atoms with Crippen LogP contribution in [-0.2, 0) is 32.7 Å². The number of ether oxygens (including phenoxy) is 1. The first kappa shape index (κ1) is 37.6. The predicted octanol–water partition coefficient (Wildman–Crippen LogP) is 4.05. The number of rotatable bonds is 12. The van der Waals surface area contributed by atoms with Gasteiger partial charge in [-0.25, -0.2) is 8.42 Å². The molecule has 0 aliphatic carbocycles. The van der Waals surface area contributed by atoms with E-state index in [0.717, 1.165) is 74.5 Å². The lowest BCUT2D eigenvalue weighted by molar-refractivity contribution is -0.136. The van der Waals surface area contributed by atoms with Crippen molar-refractivity contribution in [1.82, 2.24) is 30.1 Å². The number of aromatic nitrogens is 3. The van der Waals surface area contributed by atoms with Crippen molar-refractivity contribution in [2.75, 3.05) is 54.8 Å². The average molecular weight is 808 g/mol. The third kappa shape index (κ3) is 7.58. The number of carbonyl (C=O) groups is 3. The number of hydrogen-bond donors (Lipinski definition) is 3. The third-order valence-electron chi connectivity index (χ3n) is 11.7. The number of nitrogens with one attached hydrogen (secondary N) is 3. The summed E-state index contributed by atoms with van der Waals surface area (Å²) in [5, 5.41) is 14.7. The maximum atomic E-state index is 13.6. The average Bonchev–Trinajstić information content (AvgIpc) is 4.04. The Balaban J connectivity index is 0.770. The van der Waals surface area contributed by atoms with E-state index in [1.54, 1.807) is 40.0 Å². The number of likely N-dealkylation sites (tertiary alicyclic amines) is 1. The summed E-state index contributed by atoms with van der Waals surface area (Å²) in [6.07, 6.45) is 7.08. The minimum absolute atomic E-state index is 0.0516. The smallest absolute Gasteiger partial charge is 0.263 e. The lowest BCUT2D eigenvalue weighted by atomic mass is 10.0. The monoisotopic (exact) mass is 807 g/mol. The van der Waals surface area contributed by atoms with Crippen LogP contribution in [0.1, 0.15) is 53.6 Å². The second-order valence-corrected chi connectivity index (χ2v) is 17.3. The molecule has 0 bridgehead atoms. The Morgan fingerprint density at radius 3 is 2.64 bits per heavy atom. The Morgan fingerprint density at radius 2 is 1.84 bits per heavy atom. The molecule has 0 spiro atoms. The molecular weight excluding hydrogens is 763 g/mol. The SMILES string of the molecule is COc1cc(Cn2cccn2)cc2onc(NS(=O)(=O)c3cccc(NC4CCN(C[C@@H]5CCN(c6ccc7c(c6)CN([C@H]6CCC(=O)NC6=O)C7=O)C5)CC4)c3)c12. The van der Waals surface area contributed by atoms with Crippen LogP contribution in [-0.4, -0.2) is 103 Å². The summed E-state index contributed by atoms with van der Waals surface area (Å²) in [5.74, 6) is 0.158. The second kappa shape index (κ2) is 15.4. The van der Waals surface area contributed by atoms with E-state index in [0.29, 0.717) is 47.7 Å². The number of piperidine rings is 2. The molecule has 0 unspecified atom stereocenters. The molecule has 9 rings (SSSR count). The number of fused-ring (bicyclic) bond motifs is 2. The second-order valence-electron chi connectivity index (χ2n) is 15.6. The standard InChI is InChI=1S/C41H45N9O7S/c1-56-35-18-27(24-49-14-3-13-42-49)19-36-38(35)39(45-57-36)46-58(54,55)32-5-2-4-30(21-32)43-29-11-15-47(16-12-29)22-26-10-17-48(23-26)31-6-7-33-28(20-31)25-50(41(33)53)34-8-9-37(51)44-40(34)52/h2-7,13-14,18-21,26,29,34,43H,8-12,15-17,22-25H2,1H3,(H,45,46)(H,44,51,52)/t26-,34-/m0/s1. The number of sulfonamides is 1. The van der Waals surface area contributed by atoms with Gasteiger partial charge in [-0.1, -0.05) is 11.2 Å². The molecular formula is C41H45N9O7S. The molecule has 0 saturated carbocycles. The molecule has 2 atom stereocenters. The molecule has 3 fully saturated rings. The van der Waals surface area contributed by atoms with Gasteiger partial charge in [0.15, 0.2) is 11.4 Å². The molecule has 3 aromatic carbocycles. The summed E-state index contributed by atoms with van der Waals surface area (Å²) in [7, 11) is -2.50. The Hall–Kier alpha value is -5.94. The van der Waals surface area contributed by atoms with Gasteiger partial charge < -0.3 is 29.3 Å². The molecule has 3 amide bonds. The summed E-state index contributed by atoms with van der Waals surface area (Å²) < 4.78 is 42.8. The van der Waals surface area contributed by atoms with Crippen molar-refractivity contribution in [2.24, 2.45) is 5.92 Å². The quantitative estimate of drug-likeness (QED) is 0.154. The van der Waals surface area contributed by atoms with Crippen molar-refractivity contribution in [1.29, 1.82) is 0 Å². The van der Waals surface area contributed by atoms with Gasteiger partial charge in [-0.3, -0.25) is 29.1 Å². The van der Waals surface area contributed by atoms with Crippen LogP contribution in [0.25, 0.3) is 11.0 Å². The Labute approximate surface area is 335 Å². The molecule has 2 aromatic heterocycles. The highest BCUT2D eigenvalue weighted by atomic mass is 32.2. The maximum Gasteiger partial charge on any atom is 0.263 e. The summed E-state index contributed by atoms with van der Waals surface area (Å²) in [4.78, 5) is 43.9. The normalized spacial score (nSPS) is 20.5. The predicted molar refractivity (Wildman–Crippen MR) is 215 cm³/mol. The van der Waals surface area contributed by atoms with Gasteiger partial charge in [0, 0.05) is 81.1 Å². The van der Waals surface area contributed by atoms with E-state index in [1.807, 2.05) is 36.5 Å². The molecule has 58 heavy (non-hydrogen) atoms. The minimum atomic E-state index is -4.01. The number of nitrogens with zero attached hydrogens (tertiary/aromatic N) is 6. The minimum Gasteiger partial charge on any atom is -0.496 e. The van der Waals surface area contributed by atoms with Crippen LogP contribution in [0.2, 0.25) is 0 Å². The van der Waals surface area contributed by atoms with Gasteiger partial charge in [0.2, 0.25) is 11.8 Å². The van der Waals surface area contributed by atoms with Crippen LogP contribution in [0.3, 0.4) is 0 Å². The van der Waals surface area contributed by atoms with Crippen LogP contribution in [0.5, 0.6) is 5.75 Å². The third-order valence-corrected chi connectivity index (χ3v) is 13.1. The molecule has 17 heteroatoms. The molecule has 302 valence electrons. The summed E-state index contributed by atoms with van der Waals surface area (Å²) in [6.45, 7) is 5.61. The first-order valence-corrected chi connectivity index (χ1v) is 21.2. The molecule has 3 saturated heterocycles. The highest BCUT2D eigenvalue weighted by Gasteiger charge is 2.39. The van der Waals surface area contributed by atoms with Gasteiger partial charge in [-0.2, -0.15) is 5.10 Å². The fourth-order valence-electron chi connectivity index (χ4n) is 8.77. The largest absolute Gasteiger partial charge is 0.496 e. The van der Waals surface area contributed by atoms with Gasteiger partial charge >= 0.3 is 0 Å². The van der Waals surface area contributed by atoms with Gasteiger partial charge in [-0.05, 0) is 97.3 Å². The lowest BCUT2D eigenvalue weighted by Gasteiger charge is -2.34. The zero-order valence-electron chi connectivity index (χ0n) is 32.1. The fraction of sp³-hybridized carbons (Fsp3) is 0.390. The van der Waals surface area contributed by atoms with E-state index < -0.39 is 22.0 Å². The van der Waals surface area contributed by atoms with Crippen LogP contribution < -0.4 is 25.0 Å². The zero-order chi connectivity index (χ0) is 40.0. The molecule has 4 aliphatic rings. The van der Waals surface area contributed by atoms with Gasteiger partial charge in [0.25, 0.3) is 15.9 Å². The topological polar surface area (TPSA) is 184 Å². The van der Waals surface area contributed by atoms with Crippen LogP contribution in [0.15, 0.2) is 82.5 Å². The van der Waals surface area contributed by atoms with Crippen molar-refractivity contribution in [3.8, 4) is 5.75 Å². The maximum absolute atomic E-state index is 13.6. The number of imide groups is 1. The Bertz CT molecular complexity index is 2480. The van der Waals surface area contributed by atoms with E-state index in [2.05, 4.69) is 41.5 Å². The Kier molecular flexibility index (Phi) is 10.0. The van der Waals surface area contributed by atoms with Crippen molar-refractivity contribution in [2.45, 2.75) is 62.2 Å². The van der Waals surface area contributed by atoms with E-state index in [-0.39, 0.29) is 35.0 Å².